The summed E-state index contributed by atoms with van der Waals surface area (Å²) in [5.74, 6) is 1.76. The molecule has 0 radical (unpaired) electrons. The fourth-order valence-electron chi connectivity index (χ4n) is 1.66. The molecule has 0 amide bonds. The molecule has 98 valence electrons. The third-order valence-corrected chi connectivity index (χ3v) is 2.95. The van der Waals surface area contributed by atoms with Crippen LogP contribution in [0.15, 0.2) is 16.8 Å². The number of aryl methyl sites for hydroxylation is 1. The summed E-state index contributed by atoms with van der Waals surface area (Å²) in [6.07, 6.45) is 4.84. The first-order chi connectivity index (χ1) is 8.79. The molecule has 2 aromatic heterocycles. The largest absolute Gasteiger partial charge is 0.360 e. The molecule has 0 atom stereocenters. The lowest BCUT2D eigenvalue weighted by Crippen LogP contribution is -2.12. The highest BCUT2D eigenvalue weighted by Gasteiger charge is 2.07. The fraction of sp³-hybridized carbons (Fsp3) is 0.500. The number of imidazole rings is 1. The van der Waals surface area contributed by atoms with Crippen LogP contribution < -0.4 is 5.32 Å². The quantitative estimate of drug-likeness (QED) is 0.810. The lowest BCUT2D eigenvalue weighted by Gasteiger charge is -2.00. The van der Waals surface area contributed by atoms with Crippen molar-refractivity contribution in [1.29, 1.82) is 0 Å². The number of halogens is 1. The van der Waals surface area contributed by atoms with Gasteiger partial charge in [-0.25, -0.2) is 4.98 Å². The van der Waals surface area contributed by atoms with E-state index in [1.54, 1.807) is 6.20 Å². The minimum atomic E-state index is 0.547. The Labute approximate surface area is 111 Å². The third-order valence-electron chi connectivity index (χ3n) is 2.64. The number of aromatic nitrogens is 3. The maximum atomic E-state index is 6.07. The van der Waals surface area contributed by atoms with E-state index in [1.165, 1.54) is 0 Å². The highest BCUT2D eigenvalue weighted by atomic mass is 35.5. The summed E-state index contributed by atoms with van der Waals surface area (Å²) in [5.41, 5.74) is 0.919. The molecule has 0 bridgehead atoms. The number of rotatable bonds is 7. The molecule has 2 rings (SSSR count). The van der Waals surface area contributed by atoms with Gasteiger partial charge < -0.3 is 14.8 Å². The van der Waals surface area contributed by atoms with E-state index in [1.807, 2.05) is 6.07 Å². The fourth-order valence-corrected chi connectivity index (χ4v) is 1.88. The average molecular weight is 269 g/mol. The molecule has 0 spiro atoms. The molecule has 2 N–H and O–H groups in total. The Morgan fingerprint density at radius 1 is 1.44 bits per heavy atom. The Bertz CT molecular complexity index is 466. The maximum absolute atomic E-state index is 6.07. The van der Waals surface area contributed by atoms with E-state index in [0.717, 1.165) is 36.5 Å². The number of hydrogen-bond donors (Lipinski definition) is 2. The van der Waals surface area contributed by atoms with Gasteiger partial charge in [0.25, 0.3) is 0 Å². The number of hydrogen-bond acceptors (Lipinski definition) is 4. The van der Waals surface area contributed by atoms with E-state index >= 15 is 0 Å². The topological polar surface area (TPSA) is 66.7 Å². The van der Waals surface area contributed by atoms with Gasteiger partial charge in [0.1, 0.15) is 11.6 Å². The predicted molar refractivity (Wildman–Crippen MR) is 69.3 cm³/mol. The van der Waals surface area contributed by atoms with Gasteiger partial charge in [-0.1, -0.05) is 30.1 Å². The Kier molecular flexibility index (Phi) is 4.78. The van der Waals surface area contributed by atoms with Gasteiger partial charge in [-0.3, -0.25) is 0 Å². The van der Waals surface area contributed by atoms with Crippen LogP contribution in [-0.2, 0) is 19.5 Å². The first kappa shape index (κ1) is 13.1. The van der Waals surface area contributed by atoms with Crippen molar-refractivity contribution in [2.75, 3.05) is 0 Å². The van der Waals surface area contributed by atoms with Crippen molar-refractivity contribution < 1.29 is 4.52 Å². The molecular weight excluding hydrogens is 252 g/mol. The average Bonchev–Trinajstić information content (AvgIpc) is 2.98. The number of aromatic amines is 1. The van der Waals surface area contributed by atoms with Crippen molar-refractivity contribution in [2.24, 2.45) is 0 Å². The standard InChI is InChI=1S/C12H17ClN4O/c1-2-3-4-11-16-10(12(13)17-11)8-14-7-9-5-6-15-18-9/h5-6,14H,2-4,7-8H2,1H3,(H,16,17). The van der Waals surface area contributed by atoms with Crippen LogP contribution >= 0.6 is 11.6 Å². The van der Waals surface area contributed by atoms with Crippen molar-refractivity contribution >= 4 is 11.6 Å². The molecule has 6 heteroatoms. The molecule has 5 nitrogen and oxygen atoms in total. The summed E-state index contributed by atoms with van der Waals surface area (Å²) >= 11 is 6.07. The molecule has 18 heavy (non-hydrogen) atoms. The van der Waals surface area contributed by atoms with Crippen LogP contribution in [0.4, 0.5) is 0 Å². The monoisotopic (exact) mass is 268 g/mol. The molecule has 0 aliphatic heterocycles. The second-order valence-corrected chi connectivity index (χ2v) is 4.50. The summed E-state index contributed by atoms with van der Waals surface area (Å²) in [6, 6.07) is 1.83. The van der Waals surface area contributed by atoms with Crippen LogP contribution in [0.2, 0.25) is 5.15 Å². The highest BCUT2D eigenvalue weighted by Crippen LogP contribution is 2.14. The van der Waals surface area contributed by atoms with E-state index in [9.17, 15) is 0 Å². The van der Waals surface area contributed by atoms with E-state index in [2.05, 4.69) is 27.4 Å². The number of unbranched alkanes of at least 4 members (excludes halogenated alkanes) is 1. The van der Waals surface area contributed by atoms with Crippen molar-refractivity contribution in [2.45, 2.75) is 39.3 Å². The smallest absolute Gasteiger partial charge is 0.151 e. The molecule has 0 saturated carbocycles. The van der Waals surface area contributed by atoms with Gasteiger partial charge >= 0.3 is 0 Å². The second kappa shape index (κ2) is 6.56. The summed E-state index contributed by atoms with van der Waals surface area (Å²) in [6.45, 7) is 3.42. The SMILES string of the molecule is CCCCc1nc(Cl)c(CNCc2ccno2)[nH]1. The molecule has 0 unspecified atom stereocenters. The predicted octanol–water partition coefficient (Wildman–Crippen LogP) is 2.68. The third kappa shape index (κ3) is 3.58. The number of nitrogens with one attached hydrogen (secondary N) is 2. The number of nitrogens with zero attached hydrogens (tertiary/aromatic N) is 2. The van der Waals surface area contributed by atoms with E-state index < -0.39 is 0 Å². The minimum Gasteiger partial charge on any atom is -0.360 e. The van der Waals surface area contributed by atoms with Gasteiger partial charge in [-0.05, 0) is 6.42 Å². The summed E-state index contributed by atoms with van der Waals surface area (Å²) in [4.78, 5) is 7.54. The molecular formula is C12H17ClN4O. The second-order valence-electron chi connectivity index (χ2n) is 4.14. The normalized spacial score (nSPS) is 11.0. The van der Waals surface area contributed by atoms with E-state index in [4.69, 9.17) is 16.1 Å². The van der Waals surface area contributed by atoms with Crippen LogP contribution in [0.5, 0.6) is 0 Å². The maximum Gasteiger partial charge on any atom is 0.151 e. The van der Waals surface area contributed by atoms with E-state index in [-0.39, 0.29) is 0 Å². The van der Waals surface area contributed by atoms with Gasteiger partial charge in [0, 0.05) is 19.0 Å². The Hall–Kier alpha value is -1.33. The van der Waals surface area contributed by atoms with Crippen LogP contribution in [0.3, 0.4) is 0 Å². The summed E-state index contributed by atoms with van der Waals surface area (Å²) in [5, 5.41) is 7.41. The lowest BCUT2D eigenvalue weighted by molar-refractivity contribution is 0.372. The molecule has 0 saturated heterocycles. The first-order valence-electron chi connectivity index (χ1n) is 6.13. The minimum absolute atomic E-state index is 0.547. The van der Waals surface area contributed by atoms with Crippen LogP contribution in [-0.4, -0.2) is 15.1 Å². The van der Waals surface area contributed by atoms with Gasteiger partial charge in [-0.2, -0.15) is 0 Å². The van der Waals surface area contributed by atoms with Crippen molar-refractivity contribution in [3.8, 4) is 0 Å². The molecule has 0 aromatic carbocycles. The lowest BCUT2D eigenvalue weighted by atomic mass is 10.2. The Balaban J connectivity index is 1.83. The van der Waals surface area contributed by atoms with Gasteiger partial charge in [0.2, 0.25) is 0 Å². The van der Waals surface area contributed by atoms with Crippen LogP contribution in [0.25, 0.3) is 0 Å². The van der Waals surface area contributed by atoms with Crippen molar-refractivity contribution in [3.05, 3.63) is 34.7 Å². The van der Waals surface area contributed by atoms with Crippen LogP contribution in [0, 0.1) is 0 Å². The Morgan fingerprint density at radius 2 is 2.33 bits per heavy atom. The zero-order valence-electron chi connectivity index (χ0n) is 10.4. The highest BCUT2D eigenvalue weighted by molar-refractivity contribution is 6.30. The van der Waals surface area contributed by atoms with Crippen molar-refractivity contribution in [3.63, 3.8) is 0 Å². The Morgan fingerprint density at radius 3 is 3.06 bits per heavy atom. The molecule has 2 heterocycles. The molecule has 0 aliphatic carbocycles. The number of H-pyrrole nitrogens is 1. The van der Waals surface area contributed by atoms with Crippen LogP contribution in [0.1, 0.15) is 37.0 Å². The van der Waals surface area contributed by atoms with Crippen molar-refractivity contribution in [1.82, 2.24) is 20.4 Å². The molecule has 0 fully saturated rings. The first-order valence-corrected chi connectivity index (χ1v) is 6.51. The zero-order chi connectivity index (χ0) is 12.8. The zero-order valence-corrected chi connectivity index (χ0v) is 11.1. The van der Waals surface area contributed by atoms with Gasteiger partial charge in [0.05, 0.1) is 18.4 Å². The molecule has 0 aliphatic rings. The van der Waals surface area contributed by atoms with E-state index in [0.29, 0.717) is 18.2 Å². The van der Waals surface area contributed by atoms with Gasteiger partial charge in [0.15, 0.2) is 5.15 Å². The summed E-state index contributed by atoms with van der Waals surface area (Å²) in [7, 11) is 0. The van der Waals surface area contributed by atoms with Gasteiger partial charge in [-0.15, -0.1) is 0 Å². The molecule has 2 aromatic rings. The summed E-state index contributed by atoms with van der Waals surface area (Å²) < 4.78 is 4.99.